The van der Waals surface area contributed by atoms with Gasteiger partial charge in [-0.3, -0.25) is 0 Å². The van der Waals surface area contributed by atoms with Gasteiger partial charge in [0.15, 0.2) is 0 Å². The number of benzene rings is 1. The first-order valence-corrected chi connectivity index (χ1v) is 6.58. The molecule has 0 spiro atoms. The minimum atomic E-state index is -0.539. The van der Waals surface area contributed by atoms with Crippen LogP contribution < -0.4 is 4.74 Å². The van der Waals surface area contributed by atoms with Gasteiger partial charge in [0.1, 0.15) is 5.75 Å². The van der Waals surface area contributed by atoms with Gasteiger partial charge in [-0.25, -0.2) is 0 Å². The molecule has 0 bridgehead atoms. The van der Waals surface area contributed by atoms with E-state index in [9.17, 15) is 5.11 Å². The molecule has 0 saturated heterocycles. The molecule has 0 aromatic heterocycles. The fourth-order valence-corrected chi connectivity index (χ4v) is 2.08. The molecular formula is C15H25NO3. The van der Waals surface area contributed by atoms with Crippen LogP contribution in [0.2, 0.25) is 0 Å². The van der Waals surface area contributed by atoms with Crippen molar-refractivity contribution in [2.45, 2.75) is 19.4 Å². The van der Waals surface area contributed by atoms with Gasteiger partial charge >= 0.3 is 0 Å². The Balaban J connectivity index is 2.61. The lowest BCUT2D eigenvalue weighted by atomic mass is 10.0. The van der Waals surface area contributed by atoms with Gasteiger partial charge in [-0.15, -0.1) is 0 Å². The van der Waals surface area contributed by atoms with E-state index in [1.54, 1.807) is 14.2 Å². The van der Waals surface area contributed by atoms with E-state index in [2.05, 4.69) is 4.90 Å². The number of aliphatic hydroxyl groups is 1. The normalized spacial score (nSPS) is 12.7. The average molecular weight is 267 g/mol. The molecule has 0 heterocycles. The van der Waals surface area contributed by atoms with Crippen molar-refractivity contribution in [2.75, 3.05) is 41.0 Å². The zero-order valence-electron chi connectivity index (χ0n) is 12.3. The van der Waals surface area contributed by atoms with Crippen LogP contribution in [0.3, 0.4) is 0 Å². The van der Waals surface area contributed by atoms with Crippen LogP contribution in [0.15, 0.2) is 18.2 Å². The highest BCUT2D eigenvalue weighted by Gasteiger charge is 2.15. The molecule has 1 unspecified atom stereocenters. The minimum absolute atomic E-state index is 0.539. The molecule has 19 heavy (non-hydrogen) atoms. The van der Waals surface area contributed by atoms with Crippen LogP contribution in [0, 0.1) is 6.92 Å². The second-order valence-corrected chi connectivity index (χ2v) is 4.87. The van der Waals surface area contributed by atoms with E-state index >= 15 is 0 Å². The van der Waals surface area contributed by atoms with Gasteiger partial charge in [0.2, 0.25) is 0 Å². The summed E-state index contributed by atoms with van der Waals surface area (Å²) in [5.41, 5.74) is 1.97. The molecule has 1 N–H and O–H groups in total. The van der Waals surface area contributed by atoms with Crippen molar-refractivity contribution in [1.82, 2.24) is 4.90 Å². The number of hydrogen-bond donors (Lipinski definition) is 1. The SMILES string of the molecule is COCCCN(C)CC(O)c1cc(C)ccc1OC. The summed E-state index contributed by atoms with van der Waals surface area (Å²) in [6.07, 6.45) is 0.424. The smallest absolute Gasteiger partial charge is 0.124 e. The van der Waals surface area contributed by atoms with Crippen molar-refractivity contribution in [2.24, 2.45) is 0 Å². The highest BCUT2D eigenvalue weighted by Crippen LogP contribution is 2.26. The molecule has 1 rings (SSSR count). The van der Waals surface area contributed by atoms with Gasteiger partial charge in [0, 0.05) is 32.4 Å². The number of hydrogen-bond acceptors (Lipinski definition) is 4. The van der Waals surface area contributed by atoms with E-state index in [0.29, 0.717) is 6.54 Å². The number of likely N-dealkylation sites (N-methyl/N-ethyl adjacent to an activating group) is 1. The Bertz CT molecular complexity index is 382. The fourth-order valence-electron chi connectivity index (χ4n) is 2.08. The number of aryl methyl sites for hydroxylation is 1. The fraction of sp³-hybridized carbons (Fsp3) is 0.600. The van der Waals surface area contributed by atoms with Crippen LogP contribution in [0.5, 0.6) is 5.75 Å². The molecule has 0 aliphatic heterocycles. The highest BCUT2D eigenvalue weighted by atomic mass is 16.5. The Morgan fingerprint density at radius 3 is 2.68 bits per heavy atom. The van der Waals surface area contributed by atoms with Crippen molar-refractivity contribution >= 4 is 0 Å². The van der Waals surface area contributed by atoms with Crippen molar-refractivity contribution in [3.8, 4) is 5.75 Å². The maximum absolute atomic E-state index is 10.3. The topological polar surface area (TPSA) is 41.9 Å². The summed E-state index contributed by atoms with van der Waals surface area (Å²) >= 11 is 0. The summed E-state index contributed by atoms with van der Waals surface area (Å²) in [5, 5.41) is 10.3. The van der Waals surface area contributed by atoms with Crippen molar-refractivity contribution in [3.63, 3.8) is 0 Å². The standard InChI is InChI=1S/C15H25NO3/c1-12-6-7-15(19-4)13(10-12)14(17)11-16(2)8-5-9-18-3/h6-7,10,14,17H,5,8-9,11H2,1-4H3. The van der Waals surface area contributed by atoms with Gasteiger partial charge in [0.25, 0.3) is 0 Å². The molecule has 108 valence electrons. The van der Waals surface area contributed by atoms with Crippen molar-refractivity contribution < 1.29 is 14.6 Å². The van der Waals surface area contributed by atoms with E-state index < -0.39 is 6.10 Å². The Hall–Kier alpha value is -1.10. The third-order valence-electron chi connectivity index (χ3n) is 3.12. The monoisotopic (exact) mass is 267 g/mol. The van der Waals surface area contributed by atoms with E-state index in [0.717, 1.165) is 36.4 Å². The van der Waals surface area contributed by atoms with Crippen LogP contribution in [0.25, 0.3) is 0 Å². The number of aliphatic hydroxyl groups excluding tert-OH is 1. The maximum Gasteiger partial charge on any atom is 0.124 e. The van der Waals surface area contributed by atoms with Crippen molar-refractivity contribution in [3.05, 3.63) is 29.3 Å². The molecule has 1 atom stereocenters. The van der Waals surface area contributed by atoms with E-state index in [1.807, 2.05) is 32.2 Å². The summed E-state index contributed by atoms with van der Waals surface area (Å²) in [4.78, 5) is 2.10. The lowest BCUT2D eigenvalue weighted by molar-refractivity contribution is 0.115. The molecule has 4 nitrogen and oxygen atoms in total. The summed E-state index contributed by atoms with van der Waals surface area (Å²) < 4.78 is 10.3. The maximum atomic E-state index is 10.3. The van der Waals surface area contributed by atoms with Crippen LogP contribution in [-0.2, 0) is 4.74 Å². The number of methoxy groups -OCH3 is 2. The first kappa shape index (κ1) is 16.0. The second-order valence-electron chi connectivity index (χ2n) is 4.87. The Morgan fingerprint density at radius 1 is 1.32 bits per heavy atom. The molecule has 0 amide bonds. The van der Waals surface area contributed by atoms with Gasteiger partial charge in [0.05, 0.1) is 13.2 Å². The Kier molecular flexibility index (Phi) is 6.84. The molecule has 0 aliphatic carbocycles. The molecule has 1 aromatic rings. The lowest BCUT2D eigenvalue weighted by Gasteiger charge is -2.22. The predicted molar refractivity (Wildman–Crippen MR) is 76.7 cm³/mol. The molecule has 0 aliphatic rings. The molecule has 0 fully saturated rings. The third-order valence-corrected chi connectivity index (χ3v) is 3.12. The summed E-state index contributed by atoms with van der Waals surface area (Å²) in [7, 11) is 5.33. The number of nitrogens with zero attached hydrogens (tertiary/aromatic N) is 1. The van der Waals surface area contributed by atoms with Gasteiger partial charge < -0.3 is 19.5 Å². The predicted octanol–water partition coefficient (Wildman–Crippen LogP) is 2.01. The quantitative estimate of drug-likeness (QED) is 0.732. The summed E-state index contributed by atoms with van der Waals surface area (Å²) in [6.45, 7) is 4.24. The van der Waals surface area contributed by atoms with Crippen LogP contribution in [0.1, 0.15) is 23.7 Å². The third kappa shape index (κ3) is 5.19. The number of rotatable bonds is 8. The zero-order valence-corrected chi connectivity index (χ0v) is 12.3. The lowest BCUT2D eigenvalue weighted by Crippen LogP contribution is -2.26. The number of ether oxygens (including phenoxy) is 2. The summed E-state index contributed by atoms with van der Waals surface area (Å²) in [6, 6.07) is 5.86. The van der Waals surface area contributed by atoms with Gasteiger partial charge in [-0.2, -0.15) is 0 Å². The Morgan fingerprint density at radius 2 is 2.05 bits per heavy atom. The molecule has 4 heteroatoms. The zero-order chi connectivity index (χ0) is 14.3. The van der Waals surface area contributed by atoms with Gasteiger partial charge in [-0.05, 0) is 32.5 Å². The molecule has 0 radical (unpaired) electrons. The largest absolute Gasteiger partial charge is 0.496 e. The van der Waals surface area contributed by atoms with E-state index in [4.69, 9.17) is 9.47 Å². The Labute approximate surface area is 115 Å². The van der Waals surface area contributed by atoms with Crippen LogP contribution >= 0.6 is 0 Å². The average Bonchev–Trinajstić information content (AvgIpc) is 2.39. The van der Waals surface area contributed by atoms with Crippen LogP contribution in [0.4, 0.5) is 0 Å². The highest BCUT2D eigenvalue weighted by molar-refractivity contribution is 5.38. The van der Waals surface area contributed by atoms with Gasteiger partial charge in [-0.1, -0.05) is 11.6 Å². The minimum Gasteiger partial charge on any atom is -0.496 e. The molecular weight excluding hydrogens is 242 g/mol. The molecule has 0 saturated carbocycles. The first-order valence-electron chi connectivity index (χ1n) is 6.58. The van der Waals surface area contributed by atoms with Crippen molar-refractivity contribution in [1.29, 1.82) is 0 Å². The van der Waals surface area contributed by atoms with Crippen LogP contribution in [-0.4, -0.2) is 51.0 Å². The van der Waals surface area contributed by atoms with E-state index in [-0.39, 0.29) is 0 Å². The van der Waals surface area contributed by atoms with E-state index in [1.165, 1.54) is 0 Å². The molecule has 1 aromatic carbocycles. The first-order chi connectivity index (χ1) is 9.08. The second kappa shape index (κ2) is 8.15. The summed E-state index contributed by atoms with van der Waals surface area (Å²) in [5.74, 6) is 0.739.